The highest BCUT2D eigenvalue weighted by molar-refractivity contribution is 6.31. The van der Waals surface area contributed by atoms with Gasteiger partial charge in [0.1, 0.15) is 24.4 Å². The summed E-state index contributed by atoms with van der Waals surface area (Å²) in [6.07, 6.45) is 0.207. The number of carboxylic acids is 1. The van der Waals surface area contributed by atoms with E-state index in [4.69, 9.17) is 27.8 Å². The monoisotopic (exact) mass is 580 g/mol. The first-order valence-corrected chi connectivity index (χ1v) is 13.4. The van der Waals surface area contributed by atoms with Gasteiger partial charge in [0.2, 0.25) is 11.8 Å². The molecule has 7 N–H and O–H groups in total. The third-order valence-corrected chi connectivity index (χ3v) is 6.41. The van der Waals surface area contributed by atoms with Gasteiger partial charge in [-0.05, 0) is 42.2 Å². The molecule has 0 aliphatic heterocycles. The Morgan fingerprint density at radius 3 is 2.05 bits per heavy atom. The summed E-state index contributed by atoms with van der Waals surface area (Å²) in [6.45, 7) is 0.0994. The second-order valence-electron chi connectivity index (χ2n) is 9.52. The van der Waals surface area contributed by atoms with Crippen molar-refractivity contribution in [2.45, 2.75) is 43.8 Å². The molecule has 0 aliphatic carbocycles. The number of hydrogen-bond donors (Lipinski definition) is 5. The van der Waals surface area contributed by atoms with Gasteiger partial charge in [-0.25, -0.2) is 4.79 Å². The average molecular weight is 581 g/mol. The summed E-state index contributed by atoms with van der Waals surface area (Å²) in [5.41, 5.74) is 13.3. The molecule has 11 heteroatoms. The van der Waals surface area contributed by atoms with E-state index in [0.29, 0.717) is 12.0 Å². The molecule has 3 rings (SSSR count). The van der Waals surface area contributed by atoms with Crippen LogP contribution >= 0.6 is 11.6 Å². The molecule has 0 fully saturated rings. The van der Waals surface area contributed by atoms with Crippen LogP contribution in [0.1, 0.15) is 34.3 Å². The summed E-state index contributed by atoms with van der Waals surface area (Å²) in [5, 5.41) is 15.0. The summed E-state index contributed by atoms with van der Waals surface area (Å²) < 4.78 is 5.85. The first-order chi connectivity index (χ1) is 19.6. The number of hydrogen-bond acceptors (Lipinski definition) is 6. The molecule has 3 aromatic carbocycles. The molecule has 10 nitrogen and oxygen atoms in total. The predicted octanol–water partition coefficient (Wildman–Crippen LogP) is 2.46. The Balaban J connectivity index is 1.73. The number of benzene rings is 3. The Hall–Kier alpha value is -4.41. The molecule has 0 aliphatic rings. The van der Waals surface area contributed by atoms with E-state index >= 15 is 0 Å². The van der Waals surface area contributed by atoms with Gasteiger partial charge in [-0.2, -0.15) is 0 Å². The lowest BCUT2D eigenvalue weighted by Crippen LogP contribution is -2.52. The van der Waals surface area contributed by atoms with Crippen LogP contribution in [0.15, 0.2) is 78.9 Å². The van der Waals surface area contributed by atoms with Crippen molar-refractivity contribution < 1.29 is 29.0 Å². The minimum absolute atomic E-state index is 0.0217. The van der Waals surface area contributed by atoms with Crippen molar-refractivity contribution >= 4 is 35.3 Å². The zero-order valence-corrected chi connectivity index (χ0v) is 23.1. The number of rotatable bonds is 15. The molecule has 0 unspecified atom stereocenters. The van der Waals surface area contributed by atoms with E-state index in [9.17, 15) is 24.3 Å². The lowest BCUT2D eigenvalue weighted by molar-refractivity contribution is -0.142. The van der Waals surface area contributed by atoms with E-state index in [2.05, 4.69) is 10.6 Å². The third kappa shape index (κ3) is 10.3. The molecule has 3 atom stereocenters. The number of carboxylic acid groups (broad SMARTS) is 1. The van der Waals surface area contributed by atoms with Gasteiger partial charge < -0.3 is 31.9 Å². The zero-order valence-electron chi connectivity index (χ0n) is 22.3. The van der Waals surface area contributed by atoms with Crippen molar-refractivity contribution in [2.24, 2.45) is 11.5 Å². The average Bonchev–Trinajstić information content (AvgIpc) is 2.95. The molecule has 3 amide bonds. The number of nitrogens with two attached hydrogens (primary N) is 2. The van der Waals surface area contributed by atoms with Crippen molar-refractivity contribution in [1.29, 1.82) is 0 Å². The van der Waals surface area contributed by atoms with E-state index in [1.54, 1.807) is 36.4 Å². The van der Waals surface area contributed by atoms with Gasteiger partial charge in [0.15, 0.2) is 0 Å². The molecule has 0 heterocycles. The molecule has 216 valence electrons. The maximum Gasteiger partial charge on any atom is 0.326 e. The van der Waals surface area contributed by atoms with Crippen LogP contribution in [0.4, 0.5) is 0 Å². The lowest BCUT2D eigenvalue weighted by Gasteiger charge is -2.22. The van der Waals surface area contributed by atoms with Crippen LogP contribution in [0.25, 0.3) is 0 Å². The summed E-state index contributed by atoms with van der Waals surface area (Å²) in [6, 6.07) is 20.0. The first-order valence-electron chi connectivity index (χ1n) is 13.0. The summed E-state index contributed by atoms with van der Waals surface area (Å²) >= 11 is 6.15. The maximum absolute atomic E-state index is 13.3. The Labute approximate surface area is 243 Å². The number of nitrogens with one attached hydrogen (secondary N) is 2. The van der Waals surface area contributed by atoms with Gasteiger partial charge in [0, 0.05) is 23.9 Å². The van der Waals surface area contributed by atoms with E-state index < -0.39 is 35.8 Å². The molecule has 0 saturated carbocycles. The van der Waals surface area contributed by atoms with Crippen LogP contribution in [0.2, 0.25) is 5.02 Å². The van der Waals surface area contributed by atoms with E-state index in [0.717, 1.165) is 5.56 Å². The standard InChI is InChI=1S/C30H33ClN4O6/c31-21-11-13-26(41-18-22(32)15-19-7-3-1-4-8-19)23(17-21)28(37)34-24(12-14-27(33)36)29(38)35-25(30(39)40)16-20-9-5-2-6-10-20/h1-11,13,17,22,24-25H,12,14-16,18,32H2,(H2,33,36)(H,34,37)(H,35,38)(H,39,40)/t22-,24+,25+/m1/s1. The molecular formula is C30H33ClN4O6. The van der Waals surface area contributed by atoms with Crippen molar-refractivity contribution in [3.63, 3.8) is 0 Å². The number of amides is 3. The van der Waals surface area contributed by atoms with Crippen molar-refractivity contribution in [2.75, 3.05) is 6.61 Å². The Morgan fingerprint density at radius 2 is 1.46 bits per heavy atom. The molecule has 0 bridgehead atoms. The fourth-order valence-electron chi connectivity index (χ4n) is 4.09. The van der Waals surface area contributed by atoms with Crippen molar-refractivity contribution in [3.8, 4) is 5.75 Å². The highest BCUT2D eigenvalue weighted by Crippen LogP contribution is 2.24. The fourth-order valence-corrected chi connectivity index (χ4v) is 4.26. The highest BCUT2D eigenvalue weighted by atomic mass is 35.5. The Bertz CT molecular complexity index is 1340. The van der Waals surface area contributed by atoms with Crippen LogP contribution in [-0.4, -0.2) is 53.5 Å². The smallest absolute Gasteiger partial charge is 0.326 e. The van der Waals surface area contributed by atoms with Crippen molar-refractivity contribution in [3.05, 3.63) is 101 Å². The number of halogens is 1. The largest absolute Gasteiger partial charge is 0.491 e. The number of primary amides is 1. The zero-order chi connectivity index (χ0) is 29.8. The van der Waals surface area contributed by atoms with Crippen LogP contribution in [0.3, 0.4) is 0 Å². The van der Waals surface area contributed by atoms with Crippen molar-refractivity contribution in [1.82, 2.24) is 10.6 Å². The lowest BCUT2D eigenvalue weighted by atomic mass is 10.0. The minimum Gasteiger partial charge on any atom is -0.491 e. The van der Waals surface area contributed by atoms with Gasteiger partial charge >= 0.3 is 5.97 Å². The molecule has 0 radical (unpaired) electrons. The van der Waals surface area contributed by atoms with Gasteiger partial charge in [-0.3, -0.25) is 14.4 Å². The van der Waals surface area contributed by atoms with Gasteiger partial charge in [-0.1, -0.05) is 72.3 Å². The van der Waals surface area contributed by atoms with Crippen LogP contribution in [0, 0.1) is 0 Å². The number of ether oxygens (including phenoxy) is 1. The normalized spacial score (nSPS) is 12.9. The summed E-state index contributed by atoms with van der Waals surface area (Å²) in [5.74, 6) is -3.23. The number of carbonyl (C=O) groups is 4. The molecule has 0 spiro atoms. The first kappa shape index (κ1) is 31.1. The van der Waals surface area contributed by atoms with E-state index in [1.807, 2.05) is 30.3 Å². The second-order valence-corrected chi connectivity index (χ2v) is 9.96. The number of carbonyl (C=O) groups excluding carboxylic acids is 3. The predicted molar refractivity (Wildman–Crippen MR) is 154 cm³/mol. The third-order valence-electron chi connectivity index (χ3n) is 6.18. The molecule has 3 aromatic rings. The highest BCUT2D eigenvalue weighted by Gasteiger charge is 2.28. The maximum atomic E-state index is 13.3. The van der Waals surface area contributed by atoms with E-state index in [-0.39, 0.29) is 48.2 Å². The molecule has 41 heavy (non-hydrogen) atoms. The molecular weight excluding hydrogens is 548 g/mol. The Morgan fingerprint density at radius 1 is 0.854 bits per heavy atom. The summed E-state index contributed by atoms with van der Waals surface area (Å²) in [4.78, 5) is 49.8. The van der Waals surface area contributed by atoms with Crippen LogP contribution < -0.4 is 26.8 Å². The minimum atomic E-state index is -1.27. The SMILES string of the molecule is NC(=O)CC[C@H](NC(=O)c1cc(Cl)ccc1OC[C@H](N)Cc1ccccc1)C(=O)N[C@@H](Cc1ccccc1)C(=O)O. The summed E-state index contributed by atoms with van der Waals surface area (Å²) in [7, 11) is 0. The Kier molecular flexibility index (Phi) is 11.7. The van der Waals surface area contributed by atoms with Crippen LogP contribution in [0.5, 0.6) is 5.75 Å². The van der Waals surface area contributed by atoms with Gasteiger partial charge in [-0.15, -0.1) is 0 Å². The van der Waals surface area contributed by atoms with Crippen LogP contribution in [-0.2, 0) is 27.2 Å². The van der Waals surface area contributed by atoms with Gasteiger partial charge in [0.05, 0.1) is 5.56 Å². The fraction of sp³-hybridized carbons (Fsp3) is 0.267. The van der Waals surface area contributed by atoms with E-state index in [1.165, 1.54) is 12.1 Å². The number of aliphatic carboxylic acids is 1. The van der Waals surface area contributed by atoms with Gasteiger partial charge in [0.25, 0.3) is 5.91 Å². The topological polar surface area (TPSA) is 174 Å². The quantitative estimate of drug-likeness (QED) is 0.183. The second kappa shape index (κ2) is 15.4. The molecule has 0 aromatic heterocycles. The molecule has 0 saturated heterocycles.